The third-order valence-electron chi connectivity index (χ3n) is 4.17. The molecule has 0 aromatic heterocycles. The van der Waals surface area contributed by atoms with E-state index in [4.69, 9.17) is 16.3 Å². The molecule has 1 N–H and O–H groups in total. The smallest absolute Gasteiger partial charge is 0.269 e. The van der Waals surface area contributed by atoms with E-state index in [1.807, 2.05) is 36.4 Å². The zero-order valence-electron chi connectivity index (χ0n) is 14.8. The molecule has 0 atom stereocenters. The molecule has 27 heavy (non-hydrogen) atoms. The molecular weight excluding hydrogens is 364 g/mol. The number of benzene rings is 3. The lowest BCUT2D eigenvalue weighted by molar-refractivity contribution is -0.384. The average molecular weight is 383 g/mol. The Kier molecular flexibility index (Phi) is 5.94. The summed E-state index contributed by atoms with van der Waals surface area (Å²) in [5, 5.41) is 14.6. The maximum absolute atomic E-state index is 10.7. The van der Waals surface area contributed by atoms with Gasteiger partial charge in [0.15, 0.2) is 0 Å². The minimum absolute atomic E-state index is 0.0577. The monoisotopic (exact) mass is 382 g/mol. The third-order valence-corrected chi connectivity index (χ3v) is 4.46. The molecule has 0 aliphatic rings. The van der Waals surface area contributed by atoms with Gasteiger partial charge in [-0.3, -0.25) is 10.1 Å². The molecule has 0 spiro atoms. The van der Waals surface area contributed by atoms with E-state index in [1.165, 1.54) is 17.7 Å². The van der Waals surface area contributed by atoms with E-state index in [2.05, 4.69) is 18.3 Å². The van der Waals surface area contributed by atoms with E-state index in [9.17, 15) is 10.1 Å². The van der Waals surface area contributed by atoms with E-state index in [0.717, 1.165) is 16.8 Å². The van der Waals surface area contributed by atoms with Gasteiger partial charge >= 0.3 is 0 Å². The lowest BCUT2D eigenvalue weighted by atomic mass is 10.1. The molecule has 0 bridgehead atoms. The number of nitro groups is 1. The number of hydrogen-bond donors (Lipinski definition) is 1. The number of nitrogens with one attached hydrogen (secondary N) is 1. The van der Waals surface area contributed by atoms with Gasteiger partial charge in [-0.05, 0) is 53.9 Å². The van der Waals surface area contributed by atoms with E-state index >= 15 is 0 Å². The highest BCUT2D eigenvalue weighted by Gasteiger charge is 2.07. The number of non-ortho nitro benzene ring substituents is 1. The van der Waals surface area contributed by atoms with Crippen LogP contribution in [0.25, 0.3) is 0 Å². The van der Waals surface area contributed by atoms with Gasteiger partial charge in [-0.2, -0.15) is 0 Å². The fraction of sp³-hybridized carbons (Fsp3) is 0.143. The molecule has 138 valence electrons. The maximum atomic E-state index is 10.7. The second-order valence-electron chi connectivity index (χ2n) is 6.15. The number of halogens is 1. The Morgan fingerprint density at radius 3 is 2.41 bits per heavy atom. The Morgan fingerprint density at radius 1 is 1.04 bits per heavy atom. The molecular formula is C21H19ClN2O3. The van der Waals surface area contributed by atoms with E-state index in [0.29, 0.717) is 23.9 Å². The predicted molar refractivity (Wildman–Crippen MR) is 107 cm³/mol. The number of hydrogen-bond acceptors (Lipinski definition) is 4. The van der Waals surface area contributed by atoms with Gasteiger partial charge < -0.3 is 10.1 Å². The second-order valence-corrected chi connectivity index (χ2v) is 6.55. The zero-order valence-corrected chi connectivity index (χ0v) is 15.6. The molecule has 3 aromatic rings. The van der Waals surface area contributed by atoms with Crippen molar-refractivity contribution in [1.82, 2.24) is 0 Å². The lowest BCUT2D eigenvalue weighted by Crippen LogP contribution is -2.01. The van der Waals surface area contributed by atoms with Crippen LogP contribution in [0.5, 0.6) is 5.75 Å². The number of nitrogens with zero attached hydrogens (tertiary/aromatic N) is 1. The highest BCUT2D eigenvalue weighted by atomic mass is 35.5. The summed E-state index contributed by atoms with van der Waals surface area (Å²) in [6.07, 6.45) is 0. The van der Waals surface area contributed by atoms with Gasteiger partial charge in [0.2, 0.25) is 0 Å². The van der Waals surface area contributed by atoms with Crippen LogP contribution in [0.3, 0.4) is 0 Å². The van der Waals surface area contributed by atoms with Crippen molar-refractivity contribution < 1.29 is 9.66 Å². The van der Waals surface area contributed by atoms with Crippen LogP contribution >= 0.6 is 11.6 Å². The van der Waals surface area contributed by atoms with Gasteiger partial charge in [0, 0.05) is 24.4 Å². The summed E-state index contributed by atoms with van der Waals surface area (Å²) in [6, 6.07) is 20.0. The van der Waals surface area contributed by atoms with Crippen LogP contribution < -0.4 is 10.1 Å². The summed E-state index contributed by atoms with van der Waals surface area (Å²) in [6.45, 7) is 3.01. The topological polar surface area (TPSA) is 64.4 Å². The molecule has 0 heterocycles. The first-order chi connectivity index (χ1) is 13.0. The highest BCUT2D eigenvalue weighted by molar-refractivity contribution is 6.32. The van der Waals surface area contributed by atoms with Crippen molar-refractivity contribution in [2.24, 2.45) is 0 Å². The van der Waals surface area contributed by atoms with Crippen molar-refractivity contribution in [3.63, 3.8) is 0 Å². The second kappa shape index (κ2) is 8.56. The number of ether oxygens (including phenoxy) is 1. The fourth-order valence-corrected chi connectivity index (χ4v) is 2.87. The molecule has 0 unspecified atom stereocenters. The van der Waals surface area contributed by atoms with Crippen LogP contribution in [0, 0.1) is 17.0 Å². The average Bonchev–Trinajstić information content (AvgIpc) is 2.67. The number of para-hydroxylation sites is 1. The van der Waals surface area contributed by atoms with Gasteiger partial charge in [0.25, 0.3) is 5.69 Å². The Hall–Kier alpha value is -3.05. The van der Waals surface area contributed by atoms with Crippen molar-refractivity contribution in [2.45, 2.75) is 20.1 Å². The molecule has 0 radical (unpaired) electrons. The Balaban J connectivity index is 1.59. The summed E-state index contributed by atoms with van der Waals surface area (Å²) < 4.78 is 5.74. The van der Waals surface area contributed by atoms with Crippen LogP contribution in [-0.4, -0.2) is 4.92 Å². The molecule has 3 aromatic carbocycles. The van der Waals surface area contributed by atoms with Gasteiger partial charge in [0.1, 0.15) is 12.4 Å². The molecule has 0 fully saturated rings. The number of aryl methyl sites for hydroxylation is 1. The van der Waals surface area contributed by atoms with Crippen molar-refractivity contribution in [3.8, 4) is 5.75 Å². The number of anilines is 1. The molecule has 0 saturated heterocycles. The minimum Gasteiger partial charge on any atom is -0.487 e. The summed E-state index contributed by atoms with van der Waals surface area (Å²) >= 11 is 6.33. The van der Waals surface area contributed by atoms with Gasteiger partial charge in [0.05, 0.1) is 9.95 Å². The van der Waals surface area contributed by atoms with Gasteiger partial charge in [-0.25, -0.2) is 0 Å². The standard InChI is InChI=1S/C21H19ClN2O3/c1-15-4-2-3-5-20(15)23-13-17-8-11-21(19(22)12-17)27-14-16-6-9-18(10-7-16)24(25)26/h2-12,23H,13-14H2,1H3. The first-order valence-electron chi connectivity index (χ1n) is 8.47. The SMILES string of the molecule is Cc1ccccc1NCc1ccc(OCc2ccc([N+](=O)[O-])cc2)c(Cl)c1. The summed E-state index contributed by atoms with van der Waals surface area (Å²) in [5.41, 5.74) is 4.22. The van der Waals surface area contributed by atoms with E-state index in [1.54, 1.807) is 12.1 Å². The quantitative estimate of drug-likeness (QED) is 0.417. The van der Waals surface area contributed by atoms with Crippen molar-refractivity contribution >= 4 is 23.0 Å². The van der Waals surface area contributed by atoms with E-state index in [-0.39, 0.29) is 5.69 Å². The summed E-state index contributed by atoms with van der Waals surface area (Å²) in [7, 11) is 0. The van der Waals surface area contributed by atoms with Crippen molar-refractivity contribution in [2.75, 3.05) is 5.32 Å². The van der Waals surface area contributed by atoms with Gasteiger partial charge in [-0.15, -0.1) is 0 Å². The number of nitro benzene ring substituents is 1. The molecule has 6 heteroatoms. The van der Waals surface area contributed by atoms with Gasteiger partial charge in [-0.1, -0.05) is 35.9 Å². The Labute approximate surface area is 162 Å². The lowest BCUT2D eigenvalue weighted by Gasteiger charge is -2.12. The van der Waals surface area contributed by atoms with Crippen LogP contribution in [-0.2, 0) is 13.2 Å². The first kappa shape index (κ1) is 18.7. The summed E-state index contributed by atoms with van der Waals surface area (Å²) in [5.74, 6) is 0.578. The van der Waals surface area contributed by atoms with Crippen molar-refractivity contribution in [1.29, 1.82) is 0 Å². The molecule has 0 saturated carbocycles. The zero-order chi connectivity index (χ0) is 19.2. The molecule has 3 rings (SSSR count). The third kappa shape index (κ3) is 4.99. The number of rotatable bonds is 7. The van der Waals surface area contributed by atoms with Crippen LogP contribution in [0.15, 0.2) is 66.7 Å². The molecule has 5 nitrogen and oxygen atoms in total. The maximum Gasteiger partial charge on any atom is 0.269 e. The van der Waals surface area contributed by atoms with E-state index < -0.39 is 4.92 Å². The Morgan fingerprint density at radius 2 is 1.74 bits per heavy atom. The molecule has 0 aliphatic carbocycles. The fourth-order valence-electron chi connectivity index (χ4n) is 2.61. The highest BCUT2D eigenvalue weighted by Crippen LogP contribution is 2.27. The molecule has 0 aliphatic heterocycles. The van der Waals surface area contributed by atoms with Crippen molar-refractivity contribution in [3.05, 3.63) is 98.6 Å². The van der Waals surface area contributed by atoms with Crippen LogP contribution in [0.1, 0.15) is 16.7 Å². The first-order valence-corrected chi connectivity index (χ1v) is 8.85. The normalized spacial score (nSPS) is 10.4. The largest absolute Gasteiger partial charge is 0.487 e. The molecule has 0 amide bonds. The minimum atomic E-state index is -0.425. The summed E-state index contributed by atoms with van der Waals surface area (Å²) in [4.78, 5) is 10.3. The predicted octanol–water partition coefficient (Wildman–Crippen LogP) is 5.75. The van der Waals surface area contributed by atoms with Crippen LogP contribution in [0.2, 0.25) is 5.02 Å². The van der Waals surface area contributed by atoms with Crippen LogP contribution in [0.4, 0.5) is 11.4 Å². The Bertz CT molecular complexity index is 942.